The average Bonchev–Trinajstić information content (AvgIpc) is 2.92. The smallest absolute Gasteiger partial charge is 0.277 e. The van der Waals surface area contributed by atoms with Crippen LogP contribution in [0.25, 0.3) is 0 Å². The molecule has 1 amide bonds. The van der Waals surface area contributed by atoms with E-state index in [2.05, 4.69) is 4.72 Å². The number of nitrogens with one attached hydrogen (secondary N) is 1. The Kier molecular flexibility index (Phi) is 7.06. The summed E-state index contributed by atoms with van der Waals surface area (Å²) in [6, 6.07) is 31.0. The van der Waals surface area contributed by atoms with Crippen molar-refractivity contribution in [3.63, 3.8) is 0 Å². The zero-order chi connectivity index (χ0) is 24.9. The van der Waals surface area contributed by atoms with Crippen LogP contribution in [0.3, 0.4) is 0 Å². The molecule has 7 nitrogen and oxygen atoms in total. The summed E-state index contributed by atoms with van der Waals surface area (Å²) in [5.74, 6) is -0.920. The van der Waals surface area contributed by atoms with E-state index in [1.54, 1.807) is 15.8 Å². The van der Waals surface area contributed by atoms with E-state index < -0.39 is 11.2 Å². The minimum atomic E-state index is -0.579. The molecule has 4 aromatic rings. The highest BCUT2D eigenvalue weighted by molar-refractivity contribution is 7.97. The predicted molar refractivity (Wildman–Crippen MR) is 142 cm³/mol. The fourth-order valence-electron chi connectivity index (χ4n) is 4.38. The topological polar surface area (TPSA) is 77.8 Å². The maximum absolute atomic E-state index is 13.4. The molecule has 1 aliphatic rings. The highest BCUT2D eigenvalue weighted by Gasteiger charge is 2.36. The minimum Gasteiger partial charge on any atom is -0.502 e. The van der Waals surface area contributed by atoms with Gasteiger partial charge in [-0.1, -0.05) is 78.9 Å². The average molecular weight is 499 g/mol. The Bertz CT molecular complexity index is 1340. The molecule has 0 fully saturated rings. The summed E-state index contributed by atoms with van der Waals surface area (Å²) in [5.41, 5.74) is 1.45. The summed E-state index contributed by atoms with van der Waals surface area (Å²) in [4.78, 5) is 28.5. The number of hydrogen-bond acceptors (Lipinski definition) is 6. The van der Waals surface area contributed by atoms with Gasteiger partial charge in [-0.15, -0.1) is 0 Å². The van der Waals surface area contributed by atoms with E-state index in [0.717, 1.165) is 16.0 Å². The van der Waals surface area contributed by atoms with Gasteiger partial charge in [0.1, 0.15) is 6.67 Å². The van der Waals surface area contributed by atoms with Gasteiger partial charge in [-0.25, -0.2) is 0 Å². The van der Waals surface area contributed by atoms with E-state index in [0.29, 0.717) is 13.1 Å². The van der Waals surface area contributed by atoms with Crippen LogP contribution in [0.5, 0.6) is 5.75 Å². The number of carbonyl (C=O) groups is 1. The minimum absolute atomic E-state index is 0.0266. The number of benzene rings is 3. The second-order valence-corrected chi connectivity index (χ2v) is 9.37. The summed E-state index contributed by atoms with van der Waals surface area (Å²) < 4.78 is 4.92. The molecule has 3 aromatic carbocycles. The first-order valence-electron chi connectivity index (χ1n) is 11.7. The largest absolute Gasteiger partial charge is 0.502 e. The van der Waals surface area contributed by atoms with Crippen LogP contribution in [0.2, 0.25) is 0 Å². The lowest BCUT2D eigenvalue weighted by molar-refractivity contribution is 0.0684. The molecular formula is C28H26N4O3S. The maximum Gasteiger partial charge on any atom is 0.277 e. The first-order chi connectivity index (χ1) is 17.6. The summed E-state index contributed by atoms with van der Waals surface area (Å²) in [5, 5.41) is 12.7. The molecular weight excluding hydrogens is 472 g/mol. The second kappa shape index (κ2) is 10.7. The number of nitrogens with zero attached hydrogens (tertiary/aromatic N) is 3. The Hall–Kier alpha value is -4.01. The van der Waals surface area contributed by atoms with Crippen LogP contribution >= 0.6 is 11.9 Å². The van der Waals surface area contributed by atoms with Gasteiger partial charge in [0.15, 0.2) is 11.4 Å². The lowest BCUT2D eigenvalue weighted by Gasteiger charge is -2.44. The standard InChI is InChI=1S/C28H26N4O3S/c33-24-16-18-31-26(27(24)34)28(35)30(19-17-29-36-23-14-8-3-9-15-23)20-32(31)25(21-10-4-1-5-11-21)22-12-6-2-7-13-22/h1-16,18,25,29,34H,17,19-20H2. The molecule has 0 saturated carbocycles. The summed E-state index contributed by atoms with van der Waals surface area (Å²) in [7, 11) is 0. The summed E-state index contributed by atoms with van der Waals surface area (Å²) in [6.07, 6.45) is 1.56. The number of carbonyl (C=O) groups excluding carboxylic acids is 1. The molecule has 0 saturated heterocycles. The Balaban J connectivity index is 1.49. The van der Waals surface area contributed by atoms with E-state index in [9.17, 15) is 14.7 Å². The van der Waals surface area contributed by atoms with Gasteiger partial charge in [-0.3, -0.25) is 24.0 Å². The molecule has 0 bridgehead atoms. The molecule has 5 rings (SSSR count). The van der Waals surface area contributed by atoms with E-state index in [4.69, 9.17) is 0 Å². The van der Waals surface area contributed by atoms with Gasteiger partial charge in [-0.05, 0) is 35.2 Å². The van der Waals surface area contributed by atoms with Gasteiger partial charge in [0.05, 0.1) is 6.04 Å². The number of amides is 1. The zero-order valence-corrected chi connectivity index (χ0v) is 20.3. The van der Waals surface area contributed by atoms with Crippen LogP contribution in [0.15, 0.2) is 113 Å². The molecule has 36 heavy (non-hydrogen) atoms. The molecule has 0 spiro atoms. The third kappa shape index (κ3) is 4.86. The molecule has 2 N–H and O–H groups in total. The van der Waals surface area contributed by atoms with Crippen LogP contribution in [-0.2, 0) is 0 Å². The van der Waals surface area contributed by atoms with Crippen LogP contribution in [-0.4, -0.2) is 40.3 Å². The van der Waals surface area contributed by atoms with Crippen molar-refractivity contribution in [3.05, 3.63) is 130 Å². The number of aromatic hydroxyl groups is 1. The molecule has 8 heteroatoms. The molecule has 0 radical (unpaired) electrons. The van der Waals surface area contributed by atoms with Crippen molar-refractivity contribution < 1.29 is 9.90 Å². The Morgan fingerprint density at radius 1 is 0.833 bits per heavy atom. The normalized spacial score (nSPS) is 13.2. The summed E-state index contributed by atoms with van der Waals surface area (Å²) >= 11 is 1.50. The molecule has 1 aliphatic heterocycles. The van der Waals surface area contributed by atoms with Gasteiger partial charge in [-0.2, -0.15) is 0 Å². The van der Waals surface area contributed by atoms with Crippen molar-refractivity contribution in [2.24, 2.45) is 0 Å². The van der Waals surface area contributed by atoms with E-state index >= 15 is 0 Å². The van der Waals surface area contributed by atoms with Gasteiger partial charge >= 0.3 is 0 Å². The number of aromatic nitrogens is 1. The van der Waals surface area contributed by atoms with Crippen molar-refractivity contribution in [3.8, 4) is 5.75 Å². The number of fused-ring (bicyclic) bond motifs is 1. The molecule has 182 valence electrons. The third-order valence-corrected chi connectivity index (χ3v) is 6.94. The van der Waals surface area contributed by atoms with Gasteiger partial charge in [0.2, 0.25) is 5.43 Å². The number of hydrogen-bond donors (Lipinski definition) is 2. The van der Waals surface area contributed by atoms with E-state index in [1.165, 1.54) is 18.0 Å². The third-order valence-electron chi connectivity index (χ3n) is 6.08. The molecule has 2 heterocycles. The van der Waals surface area contributed by atoms with Crippen molar-refractivity contribution in [2.75, 3.05) is 24.8 Å². The fourth-order valence-corrected chi connectivity index (χ4v) is 5.03. The zero-order valence-electron chi connectivity index (χ0n) is 19.5. The van der Waals surface area contributed by atoms with E-state index in [1.807, 2.05) is 96.0 Å². The Morgan fingerprint density at radius 2 is 1.42 bits per heavy atom. The van der Waals surface area contributed by atoms with Crippen LogP contribution in [0.4, 0.5) is 0 Å². The SMILES string of the molecule is O=C1c2c(O)c(=O)ccn2N(C(c2ccccc2)c2ccccc2)CN1CCNSc1ccccc1. The molecule has 0 aliphatic carbocycles. The maximum atomic E-state index is 13.4. The lowest BCUT2D eigenvalue weighted by atomic mass is 9.98. The van der Waals surface area contributed by atoms with Crippen molar-refractivity contribution in [1.82, 2.24) is 14.3 Å². The second-order valence-electron chi connectivity index (χ2n) is 8.40. The monoisotopic (exact) mass is 498 g/mol. The van der Waals surface area contributed by atoms with Crippen molar-refractivity contribution in [2.45, 2.75) is 10.9 Å². The summed E-state index contributed by atoms with van der Waals surface area (Å²) in [6.45, 7) is 1.20. The predicted octanol–water partition coefficient (Wildman–Crippen LogP) is 3.99. The van der Waals surface area contributed by atoms with E-state index in [-0.39, 0.29) is 24.3 Å². The number of rotatable bonds is 8. The lowest BCUT2D eigenvalue weighted by Crippen LogP contribution is -2.56. The fraction of sp³-hybridized carbons (Fsp3) is 0.143. The van der Waals surface area contributed by atoms with Gasteiger partial charge in [0, 0.05) is 30.2 Å². The highest BCUT2D eigenvalue weighted by atomic mass is 32.2. The first kappa shape index (κ1) is 23.7. The number of pyridine rings is 1. The van der Waals surface area contributed by atoms with Gasteiger partial charge in [0.25, 0.3) is 5.91 Å². The molecule has 1 aromatic heterocycles. The Labute approximate surface area is 213 Å². The first-order valence-corrected chi connectivity index (χ1v) is 12.5. The van der Waals surface area contributed by atoms with Crippen LogP contribution < -0.4 is 15.2 Å². The van der Waals surface area contributed by atoms with Crippen molar-refractivity contribution >= 4 is 17.9 Å². The highest BCUT2D eigenvalue weighted by Crippen LogP contribution is 2.31. The Morgan fingerprint density at radius 3 is 2.03 bits per heavy atom. The van der Waals surface area contributed by atoms with Gasteiger partial charge < -0.3 is 10.0 Å². The van der Waals surface area contributed by atoms with Crippen molar-refractivity contribution in [1.29, 1.82) is 0 Å². The molecule has 0 atom stereocenters. The quantitative estimate of drug-likeness (QED) is 0.283. The van der Waals surface area contributed by atoms with Crippen LogP contribution in [0.1, 0.15) is 27.7 Å². The van der Waals surface area contributed by atoms with Crippen LogP contribution in [0, 0.1) is 0 Å². The molecule has 0 unspecified atom stereocenters.